The molecule has 0 saturated heterocycles. The smallest absolute Gasteiger partial charge is 0.229 e. The first-order chi connectivity index (χ1) is 12.0. The number of nitrogens with zero attached hydrogens (tertiary/aromatic N) is 5. The van der Waals surface area contributed by atoms with Crippen LogP contribution < -0.4 is 10.2 Å². The number of aryl methyl sites for hydroxylation is 1. The van der Waals surface area contributed by atoms with Crippen molar-refractivity contribution in [2.45, 2.75) is 32.6 Å². The molecule has 0 aliphatic carbocycles. The number of aromatic amines is 1. The first-order valence-corrected chi connectivity index (χ1v) is 8.63. The van der Waals surface area contributed by atoms with E-state index in [1.807, 2.05) is 43.3 Å². The molecule has 3 rings (SSSR count). The van der Waals surface area contributed by atoms with Gasteiger partial charge in [0.15, 0.2) is 0 Å². The summed E-state index contributed by atoms with van der Waals surface area (Å²) in [6, 6.07) is 8.09. The topological polar surface area (TPSA) is 82.6 Å². The van der Waals surface area contributed by atoms with E-state index in [2.05, 4.69) is 44.1 Å². The minimum Gasteiger partial charge on any atom is -0.354 e. The number of H-pyrrole nitrogens is 1. The molecule has 0 saturated carbocycles. The lowest BCUT2D eigenvalue weighted by Gasteiger charge is -2.14. The average Bonchev–Trinajstić information content (AvgIpc) is 3.01. The number of rotatable bonds is 7. The fraction of sp³-hybridized carbons (Fsp3) is 0.444. The fourth-order valence-corrected chi connectivity index (χ4v) is 2.50. The van der Waals surface area contributed by atoms with Crippen LogP contribution >= 0.6 is 0 Å². The second kappa shape index (κ2) is 7.46. The predicted molar refractivity (Wildman–Crippen MR) is 101 cm³/mol. The summed E-state index contributed by atoms with van der Waals surface area (Å²) < 4.78 is 0. The van der Waals surface area contributed by atoms with E-state index in [1.54, 1.807) is 0 Å². The van der Waals surface area contributed by atoms with E-state index in [4.69, 9.17) is 0 Å². The molecule has 132 valence electrons. The Kier molecular flexibility index (Phi) is 5.11. The van der Waals surface area contributed by atoms with Crippen LogP contribution in [0.4, 0.5) is 11.9 Å². The second-order valence-corrected chi connectivity index (χ2v) is 6.60. The summed E-state index contributed by atoms with van der Waals surface area (Å²) in [5.74, 6) is 3.39. The molecule has 0 unspecified atom stereocenters. The molecule has 0 aliphatic rings. The largest absolute Gasteiger partial charge is 0.354 e. The lowest BCUT2D eigenvalue weighted by Crippen LogP contribution is -2.17. The zero-order valence-corrected chi connectivity index (χ0v) is 15.2. The van der Waals surface area contributed by atoms with E-state index in [-0.39, 0.29) is 5.92 Å². The van der Waals surface area contributed by atoms with E-state index in [0.29, 0.717) is 11.9 Å². The number of nitrogens with one attached hydrogen (secondary N) is 2. The van der Waals surface area contributed by atoms with E-state index in [0.717, 1.165) is 42.1 Å². The second-order valence-electron chi connectivity index (χ2n) is 6.60. The number of hydrogen-bond acceptors (Lipinski definition) is 6. The number of benzene rings is 1. The van der Waals surface area contributed by atoms with Crippen LogP contribution in [0.1, 0.15) is 37.8 Å². The summed E-state index contributed by atoms with van der Waals surface area (Å²) in [4.78, 5) is 23.3. The van der Waals surface area contributed by atoms with Gasteiger partial charge in [-0.25, -0.2) is 4.98 Å². The number of fused-ring (bicyclic) bond motifs is 1. The third-order valence-corrected chi connectivity index (χ3v) is 3.87. The van der Waals surface area contributed by atoms with Gasteiger partial charge in [0, 0.05) is 33.0 Å². The molecule has 0 aliphatic heterocycles. The third kappa shape index (κ3) is 4.23. The van der Waals surface area contributed by atoms with E-state index < -0.39 is 0 Å². The minimum absolute atomic E-state index is 0.262. The van der Waals surface area contributed by atoms with Gasteiger partial charge < -0.3 is 15.2 Å². The maximum absolute atomic E-state index is 4.60. The fourth-order valence-electron chi connectivity index (χ4n) is 2.50. The predicted octanol–water partition coefficient (Wildman–Crippen LogP) is 2.98. The Morgan fingerprint density at radius 3 is 2.60 bits per heavy atom. The van der Waals surface area contributed by atoms with Crippen LogP contribution in [0.15, 0.2) is 24.3 Å². The van der Waals surface area contributed by atoms with Gasteiger partial charge in [0.05, 0.1) is 11.0 Å². The van der Waals surface area contributed by atoms with Gasteiger partial charge in [0.1, 0.15) is 11.6 Å². The Bertz CT molecular complexity index is 779. The molecule has 2 N–H and O–H groups in total. The van der Waals surface area contributed by atoms with Crippen molar-refractivity contribution in [2.24, 2.45) is 0 Å². The average molecular weight is 339 g/mol. The van der Waals surface area contributed by atoms with Gasteiger partial charge in [-0.3, -0.25) is 0 Å². The van der Waals surface area contributed by atoms with Crippen molar-refractivity contribution in [1.29, 1.82) is 0 Å². The molecule has 2 heterocycles. The van der Waals surface area contributed by atoms with Crippen LogP contribution in [-0.4, -0.2) is 45.6 Å². The van der Waals surface area contributed by atoms with Crippen molar-refractivity contribution in [3.05, 3.63) is 35.9 Å². The summed E-state index contributed by atoms with van der Waals surface area (Å²) in [5, 5.41) is 3.31. The summed E-state index contributed by atoms with van der Waals surface area (Å²) in [6.07, 6.45) is 1.82. The van der Waals surface area contributed by atoms with Crippen LogP contribution in [0.5, 0.6) is 0 Å². The zero-order chi connectivity index (χ0) is 17.8. The Labute approximate surface area is 147 Å². The zero-order valence-electron chi connectivity index (χ0n) is 15.2. The highest BCUT2D eigenvalue weighted by atomic mass is 15.3. The standard InChI is InChI=1S/C18H25N7/c1-12(2)16-22-17(24-18(23-16)25(3)4)19-11-7-10-15-20-13-8-5-6-9-14(13)21-15/h5-6,8-9,12H,7,10-11H2,1-4H3,(H,20,21)(H,19,22,23,24). The minimum atomic E-state index is 0.262. The van der Waals surface area contributed by atoms with Gasteiger partial charge in [-0.05, 0) is 18.6 Å². The normalized spacial score (nSPS) is 11.2. The Hall–Kier alpha value is -2.70. The van der Waals surface area contributed by atoms with Crippen molar-refractivity contribution in [2.75, 3.05) is 30.9 Å². The van der Waals surface area contributed by atoms with E-state index in [1.165, 1.54) is 0 Å². The molecular formula is C18H25N7. The summed E-state index contributed by atoms with van der Waals surface area (Å²) in [7, 11) is 3.87. The molecule has 3 aromatic rings. The summed E-state index contributed by atoms with van der Waals surface area (Å²) >= 11 is 0. The molecule has 7 nitrogen and oxygen atoms in total. The van der Waals surface area contributed by atoms with E-state index in [9.17, 15) is 0 Å². The number of hydrogen-bond donors (Lipinski definition) is 2. The molecule has 0 spiro atoms. The van der Waals surface area contributed by atoms with Gasteiger partial charge in [0.2, 0.25) is 11.9 Å². The maximum atomic E-state index is 4.60. The number of aromatic nitrogens is 5. The van der Waals surface area contributed by atoms with Crippen molar-refractivity contribution >= 4 is 22.9 Å². The molecule has 0 atom stereocenters. The van der Waals surface area contributed by atoms with Gasteiger partial charge in [0.25, 0.3) is 0 Å². The van der Waals surface area contributed by atoms with Gasteiger partial charge in [-0.15, -0.1) is 0 Å². The maximum Gasteiger partial charge on any atom is 0.229 e. The number of para-hydroxylation sites is 2. The van der Waals surface area contributed by atoms with Gasteiger partial charge >= 0.3 is 0 Å². The third-order valence-electron chi connectivity index (χ3n) is 3.87. The Morgan fingerprint density at radius 2 is 1.88 bits per heavy atom. The number of anilines is 2. The summed E-state index contributed by atoms with van der Waals surface area (Å²) in [5.41, 5.74) is 2.10. The van der Waals surface area contributed by atoms with Crippen molar-refractivity contribution < 1.29 is 0 Å². The summed E-state index contributed by atoms with van der Waals surface area (Å²) in [6.45, 7) is 4.95. The first kappa shape index (κ1) is 17.1. The Balaban J connectivity index is 1.59. The van der Waals surface area contributed by atoms with Crippen LogP contribution in [0, 0.1) is 0 Å². The molecule has 0 amide bonds. The molecule has 2 aromatic heterocycles. The first-order valence-electron chi connectivity index (χ1n) is 8.63. The highest BCUT2D eigenvalue weighted by molar-refractivity contribution is 5.74. The van der Waals surface area contributed by atoms with E-state index >= 15 is 0 Å². The quantitative estimate of drug-likeness (QED) is 0.644. The highest BCUT2D eigenvalue weighted by Crippen LogP contribution is 2.15. The molecule has 0 bridgehead atoms. The lowest BCUT2D eigenvalue weighted by atomic mass is 10.2. The van der Waals surface area contributed by atoms with Crippen molar-refractivity contribution in [1.82, 2.24) is 24.9 Å². The molecule has 0 fully saturated rings. The molecule has 25 heavy (non-hydrogen) atoms. The monoisotopic (exact) mass is 339 g/mol. The van der Waals surface area contributed by atoms with Crippen LogP contribution in [0.25, 0.3) is 11.0 Å². The SMILES string of the molecule is CC(C)c1nc(NCCCc2nc3ccccc3[nH]2)nc(N(C)C)n1. The lowest BCUT2D eigenvalue weighted by molar-refractivity contribution is 0.749. The van der Waals surface area contributed by atoms with Gasteiger partial charge in [-0.1, -0.05) is 26.0 Å². The number of imidazole rings is 1. The van der Waals surface area contributed by atoms with Gasteiger partial charge in [-0.2, -0.15) is 15.0 Å². The van der Waals surface area contributed by atoms with Crippen molar-refractivity contribution in [3.8, 4) is 0 Å². The Morgan fingerprint density at radius 1 is 1.08 bits per heavy atom. The van der Waals surface area contributed by atoms with Crippen LogP contribution in [-0.2, 0) is 6.42 Å². The molecular weight excluding hydrogens is 314 g/mol. The highest BCUT2D eigenvalue weighted by Gasteiger charge is 2.10. The van der Waals surface area contributed by atoms with Crippen molar-refractivity contribution in [3.63, 3.8) is 0 Å². The molecule has 0 radical (unpaired) electrons. The molecule has 1 aromatic carbocycles. The van der Waals surface area contributed by atoms with Crippen LogP contribution in [0.2, 0.25) is 0 Å². The van der Waals surface area contributed by atoms with Crippen LogP contribution in [0.3, 0.4) is 0 Å². The molecule has 7 heteroatoms.